The Morgan fingerprint density at radius 3 is 1.85 bits per heavy atom. The van der Waals surface area contributed by atoms with Crippen LogP contribution in [0.5, 0.6) is 0 Å². The van der Waals surface area contributed by atoms with Crippen molar-refractivity contribution in [3.63, 3.8) is 0 Å². The van der Waals surface area contributed by atoms with Crippen molar-refractivity contribution in [2.45, 2.75) is 43.9 Å². The Labute approximate surface area is 153 Å². The largest absolute Gasteiger partial charge is 0.394 e. The van der Waals surface area contributed by atoms with Crippen molar-refractivity contribution < 1.29 is 24.4 Å². The molecule has 4 N–H and O–H groups in total. The highest BCUT2D eigenvalue weighted by Crippen LogP contribution is 2.25. The number of benzene rings is 2. The van der Waals surface area contributed by atoms with E-state index in [0.717, 1.165) is 11.1 Å². The highest BCUT2D eigenvalue weighted by Gasteiger charge is 2.45. The number of ether oxygens (including phenoxy) is 3. The van der Waals surface area contributed by atoms with Gasteiger partial charge in [0, 0.05) is 0 Å². The minimum absolute atomic E-state index is 0.297. The molecule has 2 aromatic carbocycles. The van der Waals surface area contributed by atoms with Crippen molar-refractivity contribution in [3.8, 4) is 0 Å². The van der Waals surface area contributed by atoms with E-state index < -0.39 is 30.6 Å². The van der Waals surface area contributed by atoms with Crippen molar-refractivity contribution >= 4 is 0 Å². The summed E-state index contributed by atoms with van der Waals surface area (Å²) in [5.41, 5.74) is 8.08. The average Bonchev–Trinajstić information content (AvgIpc) is 2.69. The molecular formula is C20H25NO5. The van der Waals surface area contributed by atoms with Crippen LogP contribution in [0.3, 0.4) is 0 Å². The van der Waals surface area contributed by atoms with E-state index in [2.05, 4.69) is 0 Å². The van der Waals surface area contributed by atoms with Crippen LogP contribution in [0.15, 0.2) is 60.7 Å². The highest BCUT2D eigenvalue weighted by molar-refractivity contribution is 5.14. The summed E-state index contributed by atoms with van der Waals surface area (Å²) in [6, 6.07) is 18.6. The third-order valence-corrected chi connectivity index (χ3v) is 4.46. The van der Waals surface area contributed by atoms with Gasteiger partial charge in [-0.25, -0.2) is 0 Å². The smallest absolute Gasteiger partial charge is 0.173 e. The molecule has 5 atom stereocenters. The first kappa shape index (κ1) is 19.0. The summed E-state index contributed by atoms with van der Waals surface area (Å²) in [6.45, 7) is 0.364. The molecule has 0 bridgehead atoms. The minimum atomic E-state index is -1.22. The summed E-state index contributed by atoms with van der Waals surface area (Å²) in [6.07, 6.45) is -3.14. The first-order chi connectivity index (χ1) is 12.7. The van der Waals surface area contributed by atoms with Crippen LogP contribution in [0, 0.1) is 0 Å². The zero-order chi connectivity index (χ0) is 18.4. The molecule has 1 saturated heterocycles. The van der Waals surface area contributed by atoms with Gasteiger partial charge in [0.15, 0.2) is 6.29 Å². The van der Waals surface area contributed by atoms with Crippen LogP contribution < -0.4 is 5.73 Å². The number of aliphatic hydroxyl groups is 2. The Balaban J connectivity index is 1.71. The maximum absolute atomic E-state index is 10.1. The standard InChI is InChI=1S/C20H25NO5/c21-17-19(25-13-15-9-5-2-6-10-15)18(16(11-22)26-20(17)23)24-12-14-7-3-1-4-8-14/h1-10,16-20,22-23H,11-13,21H2/t16-,17+,18-,19-,20+/m1/s1. The van der Waals surface area contributed by atoms with Crippen LogP contribution in [-0.4, -0.2) is 47.5 Å². The SMILES string of the molecule is N[C@H]1[C@@H](OCc2ccccc2)[C@H](OCc2ccccc2)[C@@H](CO)O[C@@H]1O. The molecule has 6 nitrogen and oxygen atoms in total. The maximum atomic E-state index is 10.1. The van der Waals surface area contributed by atoms with Crippen LogP contribution >= 0.6 is 0 Å². The molecule has 0 aliphatic carbocycles. The zero-order valence-corrected chi connectivity index (χ0v) is 14.5. The van der Waals surface area contributed by atoms with E-state index >= 15 is 0 Å². The molecule has 6 heteroatoms. The van der Waals surface area contributed by atoms with E-state index in [1.54, 1.807) is 0 Å². The van der Waals surface area contributed by atoms with Crippen molar-refractivity contribution in [2.75, 3.05) is 6.61 Å². The Morgan fingerprint density at radius 2 is 1.35 bits per heavy atom. The summed E-state index contributed by atoms with van der Waals surface area (Å²) in [5.74, 6) is 0. The fourth-order valence-electron chi connectivity index (χ4n) is 3.03. The number of aliphatic hydroxyl groups excluding tert-OH is 2. The monoisotopic (exact) mass is 359 g/mol. The summed E-state index contributed by atoms with van der Waals surface area (Å²) >= 11 is 0. The lowest BCUT2D eigenvalue weighted by Crippen LogP contribution is -2.63. The second-order valence-electron chi connectivity index (χ2n) is 6.35. The van der Waals surface area contributed by atoms with Crippen molar-refractivity contribution in [2.24, 2.45) is 5.73 Å². The Bertz CT molecular complexity index is 610. The van der Waals surface area contributed by atoms with Crippen LogP contribution in [-0.2, 0) is 27.4 Å². The third-order valence-electron chi connectivity index (χ3n) is 4.46. The average molecular weight is 359 g/mol. The molecule has 0 unspecified atom stereocenters. The molecule has 0 spiro atoms. The fraction of sp³-hybridized carbons (Fsp3) is 0.400. The van der Waals surface area contributed by atoms with Gasteiger partial charge >= 0.3 is 0 Å². The summed E-state index contributed by atoms with van der Waals surface area (Å²) in [4.78, 5) is 0. The van der Waals surface area contributed by atoms with E-state index in [0.29, 0.717) is 13.2 Å². The van der Waals surface area contributed by atoms with Gasteiger partial charge in [0.05, 0.1) is 25.9 Å². The molecule has 1 aliphatic rings. The molecule has 1 aliphatic heterocycles. The highest BCUT2D eigenvalue weighted by atomic mass is 16.6. The maximum Gasteiger partial charge on any atom is 0.173 e. The van der Waals surface area contributed by atoms with Crippen LogP contribution in [0.25, 0.3) is 0 Å². The topological polar surface area (TPSA) is 94.2 Å². The Morgan fingerprint density at radius 1 is 0.846 bits per heavy atom. The molecule has 0 amide bonds. The quantitative estimate of drug-likeness (QED) is 0.688. The Hall–Kier alpha value is -1.80. The first-order valence-corrected chi connectivity index (χ1v) is 8.70. The van der Waals surface area contributed by atoms with Gasteiger partial charge in [-0.3, -0.25) is 0 Å². The summed E-state index contributed by atoms with van der Waals surface area (Å²) < 4.78 is 17.4. The molecule has 1 fully saturated rings. The third kappa shape index (κ3) is 4.67. The lowest BCUT2D eigenvalue weighted by molar-refractivity contribution is -0.270. The predicted octanol–water partition coefficient (Wildman–Crippen LogP) is 1.19. The van der Waals surface area contributed by atoms with Crippen molar-refractivity contribution in [1.82, 2.24) is 0 Å². The molecule has 0 saturated carbocycles. The van der Waals surface area contributed by atoms with E-state index in [1.165, 1.54) is 0 Å². The molecule has 140 valence electrons. The number of nitrogens with two attached hydrogens (primary N) is 1. The summed E-state index contributed by atoms with van der Waals surface area (Å²) in [7, 11) is 0. The Kier molecular flexibility index (Phi) is 6.73. The molecular weight excluding hydrogens is 334 g/mol. The van der Waals surface area contributed by atoms with Crippen molar-refractivity contribution in [1.29, 1.82) is 0 Å². The van der Waals surface area contributed by atoms with Crippen LogP contribution in [0.1, 0.15) is 11.1 Å². The second-order valence-corrected chi connectivity index (χ2v) is 6.35. The van der Waals surface area contributed by atoms with E-state index in [4.69, 9.17) is 19.9 Å². The van der Waals surface area contributed by atoms with Gasteiger partial charge in [0.1, 0.15) is 18.3 Å². The van der Waals surface area contributed by atoms with Crippen LogP contribution in [0.2, 0.25) is 0 Å². The van der Waals surface area contributed by atoms with Gasteiger partial charge in [0.25, 0.3) is 0 Å². The van der Waals surface area contributed by atoms with Crippen LogP contribution in [0.4, 0.5) is 0 Å². The second kappa shape index (κ2) is 9.23. The predicted molar refractivity (Wildman–Crippen MR) is 96.0 cm³/mol. The lowest BCUT2D eigenvalue weighted by atomic mass is 9.97. The van der Waals surface area contributed by atoms with Gasteiger partial charge in [-0.15, -0.1) is 0 Å². The molecule has 0 aromatic heterocycles. The van der Waals surface area contributed by atoms with E-state index in [1.807, 2.05) is 60.7 Å². The normalized spacial score (nSPS) is 28.8. The van der Waals surface area contributed by atoms with E-state index in [9.17, 15) is 10.2 Å². The molecule has 26 heavy (non-hydrogen) atoms. The van der Waals surface area contributed by atoms with Gasteiger partial charge < -0.3 is 30.2 Å². The minimum Gasteiger partial charge on any atom is -0.394 e. The molecule has 1 heterocycles. The van der Waals surface area contributed by atoms with Gasteiger partial charge in [0.2, 0.25) is 0 Å². The lowest BCUT2D eigenvalue weighted by Gasteiger charge is -2.42. The molecule has 3 rings (SSSR count). The first-order valence-electron chi connectivity index (χ1n) is 8.70. The van der Waals surface area contributed by atoms with E-state index in [-0.39, 0.29) is 6.61 Å². The summed E-state index contributed by atoms with van der Waals surface area (Å²) in [5, 5.41) is 19.7. The van der Waals surface area contributed by atoms with Crippen molar-refractivity contribution in [3.05, 3.63) is 71.8 Å². The van der Waals surface area contributed by atoms with Gasteiger partial charge in [-0.2, -0.15) is 0 Å². The van der Waals surface area contributed by atoms with Gasteiger partial charge in [-0.1, -0.05) is 60.7 Å². The molecule has 2 aromatic rings. The molecule has 0 radical (unpaired) electrons. The number of hydrogen-bond acceptors (Lipinski definition) is 6. The van der Waals surface area contributed by atoms with Gasteiger partial charge in [-0.05, 0) is 11.1 Å². The number of rotatable bonds is 7. The fourth-order valence-corrected chi connectivity index (χ4v) is 3.03. The zero-order valence-electron chi connectivity index (χ0n) is 14.5. The number of hydrogen-bond donors (Lipinski definition) is 3.